The van der Waals surface area contributed by atoms with Gasteiger partial charge in [0.1, 0.15) is 11.6 Å². The Hall–Kier alpha value is -3.76. The molecule has 0 aliphatic rings. The number of methoxy groups -OCH3 is 1. The largest absolute Gasteiger partial charge is 0.493 e. The SMILES string of the molecule is CC[C@@H](C)c1nc2ccc(Br)cc2c(=O)n1N=Cc1cc(Cl)cc(OC)c1OCC(=O)Nc1cccc(F)c1. The van der Waals surface area contributed by atoms with Crippen molar-refractivity contribution in [2.75, 3.05) is 19.0 Å². The maximum atomic E-state index is 13.5. The van der Waals surface area contributed by atoms with E-state index in [1.807, 2.05) is 19.9 Å². The Morgan fingerprint density at radius 3 is 2.77 bits per heavy atom. The molecule has 0 aliphatic carbocycles. The van der Waals surface area contributed by atoms with Crippen LogP contribution in [0.5, 0.6) is 11.5 Å². The molecule has 1 atom stereocenters. The first kappa shape index (κ1) is 28.3. The van der Waals surface area contributed by atoms with Gasteiger partial charge in [-0.2, -0.15) is 9.78 Å². The van der Waals surface area contributed by atoms with Crippen molar-refractivity contribution in [3.05, 3.63) is 91.7 Å². The van der Waals surface area contributed by atoms with Crippen molar-refractivity contribution in [3.8, 4) is 11.5 Å². The first-order valence-corrected chi connectivity index (χ1v) is 13.2. The summed E-state index contributed by atoms with van der Waals surface area (Å²) in [5.74, 6) is -0.0972. The van der Waals surface area contributed by atoms with E-state index in [1.54, 1.807) is 24.3 Å². The van der Waals surface area contributed by atoms with Crippen LogP contribution >= 0.6 is 27.5 Å². The highest BCUT2D eigenvalue weighted by Gasteiger charge is 2.18. The van der Waals surface area contributed by atoms with Gasteiger partial charge >= 0.3 is 0 Å². The first-order chi connectivity index (χ1) is 18.7. The fourth-order valence-electron chi connectivity index (χ4n) is 3.79. The number of hydrogen-bond donors (Lipinski definition) is 1. The predicted molar refractivity (Wildman–Crippen MR) is 154 cm³/mol. The lowest BCUT2D eigenvalue weighted by Gasteiger charge is -2.15. The number of benzene rings is 3. The molecule has 0 radical (unpaired) electrons. The van der Waals surface area contributed by atoms with E-state index in [4.69, 9.17) is 26.1 Å². The number of rotatable bonds is 9. The maximum Gasteiger partial charge on any atom is 0.282 e. The van der Waals surface area contributed by atoms with Crippen LogP contribution in [0, 0.1) is 5.82 Å². The first-order valence-electron chi connectivity index (χ1n) is 12.0. The Balaban J connectivity index is 1.71. The summed E-state index contributed by atoms with van der Waals surface area (Å²) in [6.45, 7) is 3.56. The topological polar surface area (TPSA) is 94.8 Å². The Morgan fingerprint density at radius 2 is 2.05 bits per heavy atom. The summed E-state index contributed by atoms with van der Waals surface area (Å²) in [6.07, 6.45) is 2.15. The monoisotopic (exact) mass is 614 g/mol. The molecule has 8 nitrogen and oxygen atoms in total. The standard InChI is InChI=1S/C28H25BrClFN4O4/c1-4-16(2)27-34-23-9-8-18(29)11-22(23)28(37)35(27)32-14-17-10-19(30)12-24(38-3)26(17)39-15-25(36)33-21-7-5-6-20(31)13-21/h5-14,16H,4,15H2,1-3H3,(H,33,36)/t16-/m1/s1. The second-order valence-corrected chi connectivity index (χ2v) is 10.0. The summed E-state index contributed by atoms with van der Waals surface area (Å²) in [7, 11) is 1.43. The van der Waals surface area contributed by atoms with Gasteiger partial charge in [-0.3, -0.25) is 9.59 Å². The van der Waals surface area contributed by atoms with Crippen LogP contribution in [-0.4, -0.2) is 35.5 Å². The van der Waals surface area contributed by atoms with Gasteiger partial charge in [-0.1, -0.05) is 47.4 Å². The van der Waals surface area contributed by atoms with Crippen molar-refractivity contribution in [1.82, 2.24) is 9.66 Å². The van der Waals surface area contributed by atoms with Crippen LogP contribution in [0.2, 0.25) is 5.02 Å². The third-order valence-corrected chi connectivity index (χ3v) is 6.63. The van der Waals surface area contributed by atoms with Crippen molar-refractivity contribution in [1.29, 1.82) is 0 Å². The summed E-state index contributed by atoms with van der Waals surface area (Å²) in [5, 5.41) is 7.78. The van der Waals surface area contributed by atoms with Gasteiger partial charge in [-0.05, 0) is 48.9 Å². The molecule has 1 amide bonds. The minimum absolute atomic E-state index is 0.0565. The molecule has 202 valence electrons. The molecule has 1 aromatic heterocycles. The van der Waals surface area contributed by atoms with E-state index in [0.717, 1.165) is 10.9 Å². The van der Waals surface area contributed by atoms with Crippen LogP contribution < -0.4 is 20.3 Å². The zero-order valence-corrected chi connectivity index (χ0v) is 23.7. The molecule has 11 heteroatoms. The molecule has 0 bridgehead atoms. The van der Waals surface area contributed by atoms with Crippen LogP contribution in [0.15, 0.2) is 69.0 Å². The molecule has 0 spiro atoms. The van der Waals surface area contributed by atoms with Crippen molar-refractivity contribution in [2.45, 2.75) is 26.2 Å². The van der Waals surface area contributed by atoms with Gasteiger partial charge in [0, 0.05) is 32.7 Å². The smallest absolute Gasteiger partial charge is 0.282 e. The maximum absolute atomic E-state index is 13.5. The van der Waals surface area contributed by atoms with E-state index in [0.29, 0.717) is 33.0 Å². The highest BCUT2D eigenvalue weighted by atomic mass is 79.9. The average Bonchev–Trinajstić information content (AvgIpc) is 2.91. The zero-order chi connectivity index (χ0) is 28.1. The van der Waals surface area contributed by atoms with Crippen molar-refractivity contribution >= 4 is 56.2 Å². The summed E-state index contributed by atoms with van der Waals surface area (Å²) in [5.41, 5.74) is 0.900. The normalized spacial score (nSPS) is 12.1. The van der Waals surface area contributed by atoms with Crippen LogP contribution in [0.25, 0.3) is 10.9 Å². The van der Waals surface area contributed by atoms with E-state index in [1.165, 1.54) is 42.3 Å². The summed E-state index contributed by atoms with van der Waals surface area (Å²) < 4.78 is 26.7. The number of nitrogens with one attached hydrogen (secondary N) is 1. The molecule has 4 rings (SSSR count). The zero-order valence-electron chi connectivity index (χ0n) is 21.4. The van der Waals surface area contributed by atoms with Gasteiger partial charge in [0.15, 0.2) is 18.1 Å². The van der Waals surface area contributed by atoms with Gasteiger partial charge in [0.05, 0.1) is 24.2 Å². The highest BCUT2D eigenvalue weighted by molar-refractivity contribution is 9.10. The molecule has 39 heavy (non-hydrogen) atoms. The molecule has 0 unspecified atom stereocenters. The number of aromatic nitrogens is 2. The number of fused-ring (bicyclic) bond motifs is 1. The number of carbonyl (C=O) groups excluding carboxylic acids is 1. The van der Waals surface area contributed by atoms with Gasteiger partial charge in [-0.25, -0.2) is 9.37 Å². The van der Waals surface area contributed by atoms with Gasteiger partial charge in [0.2, 0.25) is 0 Å². The number of ether oxygens (including phenoxy) is 2. The summed E-state index contributed by atoms with van der Waals surface area (Å²) >= 11 is 9.70. The van der Waals surface area contributed by atoms with Crippen molar-refractivity contribution in [3.63, 3.8) is 0 Å². The predicted octanol–water partition coefficient (Wildman–Crippen LogP) is 6.37. The number of anilines is 1. The van der Waals surface area contributed by atoms with Gasteiger partial charge < -0.3 is 14.8 Å². The molecule has 1 heterocycles. The van der Waals surface area contributed by atoms with Crippen molar-refractivity contribution < 1.29 is 18.7 Å². The molecule has 1 N–H and O–H groups in total. The van der Waals surface area contributed by atoms with Crippen LogP contribution in [0.1, 0.15) is 37.6 Å². The number of amides is 1. The second kappa shape index (κ2) is 12.4. The molecule has 3 aromatic carbocycles. The van der Waals surface area contributed by atoms with E-state index in [9.17, 15) is 14.0 Å². The van der Waals surface area contributed by atoms with Gasteiger partial charge in [0.25, 0.3) is 11.5 Å². The lowest BCUT2D eigenvalue weighted by atomic mass is 10.1. The van der Waals surface area contributed by atoms with E-state index in [-0.39, 0.29) is 23.0 Å². The minimum Gasteiger partial charge on any atom is -0.493 e. The average molecular weight is 616 g/mol. The quantitative estimate of drug-likeness (QED) is 0.221. The molecule has 0 aliphatic heterocycles. The molecule has 0 fully saturated rings. The van der Waals surface area contributed by atoms with E-state index >= 15 is 0 Å². The minimum atomic E-state index is -0.514. The fraction of sp³-hybridized carbons (Fsp3) is 0.214. The van der Waals surface area contributed by atoms with Crippen LogP contribution in [0.4, 0.5) is 10.1 Å². The summed E-state index contributed by atoms with van der Waals surface area (Å²) in [4.78, 5) is 30.7. The van der Waals surface area contributed by atoms with Crippen LogP contribution in [0.3, 0.4) is 0 Å². The number of nitrogens with zero attached hydrogens (tertiary/aromatic N) is 3. The lowest BCUT2D eigenvalue weighted by molar-refractivity contribution is -0.118. The molecular formula is C28H25BrClFN4O4. The highest BCUT2D eigenvalue weighted by Crippen LogP contribution is 2.34. The Kier molecular flexibility index (Phi) is 8.98. The fourth-order valence-corrected chi connectivity index (χ4v) is 4.37. The van der Waals surface area contributed by atoms with Gasteiger partial charge in [-0.15, -0.1) is 0 Å². The number of halogens is 3. The van der Waals surface area contributed by atoms with E-state index < -0.39 is 18.3 Å². The Morgan fingerprint density at radius 1 is 1.26 bits per heavy atom. The third kappa shape index (κ3) is 6.63. The van der Waals surface area contributed by atoms with E-state index in [2.05, 4.69) is 26.3 Å². The number of hydrogen-bond acceptors (Lipinski definition) is 6. The third-order valence-electron chi connectivity index (χ3n) is 5.92. The number of carbonyl (C=O) groups is 1. The van der Waals surface area contributed by atoms with Crippen molar-refractivity contribution in [2.24, 2.45) is 5.10 Å². The molecule has 4 aromatic rings. The second-order valence-electron chi connectivity index (χ2n) is 8.68. The Bertz CT molecular complexity index is 1630. The lowest BCUT2D eigenvalue weighted by Crippen LogP contribution is -2.24. The summed E-state index contributed by atoms with van der Waals surface area (Å²) in [6, 6.07) is 13.9. The molecular weight excluding hydrogens is 591 g/mol. The molecule has 0 saturated heterocycles. The van der Waals surface area contributed by atoms with Crippen LogP contribution in [-0.2, 0) is 4.79 Å². The molecule has 0 saturated carbocycles. The Labute approximate surface area is 237 Å².